The Labute approximate surface area is 274 Å². The van der Waals surface area contributed by atoms with Crippen molar-refractivity contribution in [2.24, 2.45) is 0 Å². The van der Waals surface area contributed by atoms with Crippen molar-refractivity contribution in [2.45, 2.75) is 76.5 Å². The molecular weight excluding hydrogens is 598 g/mol. The maximum Gasteiger partial charge on any atom is 0.320 e. The van der Waals surface area contributed by atoms with Gasteiger partial charge in [-0.25, -0.2) is 14.8 Å². The molecule has 4 N–H and O–H groups in total. The molecule has 3 atom stereocenters. The SMILES string of the molecule is CN1CCC[C@@]1(C)c1nnc2ccc(O[C@@H]3CC[C@H](NC(=O)Nc4cc(C(C)(C)C)nc(C(=O)NCCO)n4)c4ccccc43)cn12. The van der Waals surface area contributed by atoms with Crippen molar-refractivity contribution in [3.8, 4) is 5.75 Å². The zero-order chi connectivity index (χ0) is 33.3. The molecule has 13 heteroatoms. The first-order valence-corrected chi connectivity index (χ1v) is 16.1. The fraction of sp³-hybridized carbons (Fsp3) is 0.471. The quantitative estimate of drug-likeness (QED) is 0.221. The number of anilines is 1. The van der Waals surface area contributed by atoms with Crippen LogP contribution in [0.25, 0.3) is 5.65 Å². The monoisotopic (exact) mass is 641 g/mol. The van der Waals surface area contributed by atoms with E-state index in [9.17, 15) is 9.59 Å². The zero-order valence-corrected chi connectivity index (χ0v) is 27.6. The second-order valence-corrected chi connectivity index (χ2v) is 13.6. The van der Waals surface area contributed by atoms with Gasteiger partial charge < -0.3 is 20.5 Å². The summed E-state index contributed by atoms with van der Waals surface area (Å²) < 4.78 is 8.65. The lowest BCUT2D eigenvalue weighted by Crippen LogP contribution is -2.37. The van der Waals surface area contributed by atoms with Gasteiger partial charge in [-0.1, -0.05) is 45.0 Å². The third kappa shape index (κ3) is 6.63. The molecule has 4 aromatic rings. The number of carbonyl (C=O) groups is 2. The Hall–Kier alpha value is -4.62. The Balaban J connectivity index is 1.18. The van der Waals surface area contributed by atoms with E-state index in [0.29, 0.717) is 18.5 Å². The predicted molar refractivity (Wildman–Crippen MR) is 176 cm³/mol. The highest BCUT2D eigenvalue weighted by Crippen LogP contribution is 2.40. The van der Waals surface area contributed by atoms with Crippen LogP contribution in [-0.2, 0) is 11.0 Å². The minimum absolute atomic E-state index is 0.0738. The number of nitrogens with one attached hydrogen (secondary N) is 3. The first kappa shape index (κ1) is 32.3. The molecule has 13 nitrogen and oxygen atoms in total. The second kappa shape index (κ2) is 12.9. The molecule has 0 saturated carbocycles. The highest BCUT2D eigenvalue weighted by molar-refractivity contribution is 5.92. The number of benzene rings is 1. The van der Waals surface area contributed by atoms with Gasteiger partial charge >= 0.3 is 6.03 Å². The summed E-state index contributed by atoms with van der Waals surface area (Å²) in [6.45, 7) is 8.99. The standard InChI is InChI=1S/C34H43N9O4/c1-33(2,3)26-19-27(38-29(37-26)30(45)35-16-18-44)39-32(46)36-24-12-13-25(23-10-7-6-9-22(23)24)47-21-11-14-28-40-41-31(43(28)20-21)34(4)15-8-17-42(34)5/h6-7,9-11,14,19-20,24-25,44H,8,12-13,15-18H2,1-5H3,(H,35,45)(H2,36,37,38,39,46)/t24-,25+,34-/m0/s1. The summed E-state index contributed by atoms with van der Waals surface area (Å²) in [5, 5.41) is 26.5. The van der Waals surface area contributed by atoms with Crippen molar-refractivity contribution < 1.29 is 19.4 Å². The molecule has 1 saturated heterocycles. The molecule has 0 spiro atoms. The largest absolute Gasteiger partial charge is 0.484 e. The van der Waals surface area contributed by atoms with E-state index < -0.39 is 17.4 Å². The Kier molecular flexibility index (Phi) is 8.86. The number of likely N-dealkylation sites (tertiary alicyclic amines) is 1. The van der Waals surface area contributed by atoms with Crippen LogP contribution in [0.5, 0.6) is 5.75 Å². The van der Waals surface area contributed by atoms with Crippen LogP contribution in [0.4, 0.5) is 10.6 Å². The number of urea groups is 1. The van der Waals surface area contributed by atoms with Gasteiger partial charge in [0.1, 0.15) is 17.7 Å². The number of aliphatic hydroxyl groups is 1. The van der Waals surface area contributed by atoms with Gasteiger partial charge in [0.2, 0.25) is 5.82 Å². The normalized spacial score (nSPS) is 21.3. The van der Waals surface area contributed by atoms with Crippen LogP contribution in [-0.4, -0.2) is 73.3 Å². The molecule has 2 aliphatic rings. The van der Waals surface area contributed by atoms with Crippen LogP contribution in [0, 0.1) is 0 Å². The Morgan fingerprint density at radius 3 is 2.60 bits per heavy atom. The molecule has 3 aromatic heterocycles. The summed E-state index contributed by atoms with van der Waals surface area (Å²) in [5.41, 5.74) is 2.78. The smallest absolute Gasteiger partial charge is 0.320 e. The molecular formula is C34H43N9O4. The fourth-order valence-electron chi connectivity index (χ4n) is 6.43. The van der Waals surface area contributed by atoms with E-state index in [-0.39, 0.29) is 42.5 Å². The van der Waals surface area contributed by atoms with Crippen molar-refractivity contribution >= 4 is 23.4 Å². The second-order valence-electron chi connectivity index (χ2n) is 13.6. The number of fused-ring (bicyclic) bond motifs is 2. The first-order chi connectivity index (χ1) is 22.5. The molecule has 3 amide bonds. The lowest BCUT2D eigenvalue weighted by Gasteiger charge is -2.32. The van der Waals surface area contributed by atoms with Gasteiger partial charge in [-0.3, -0.25) is 19.4 Å². The third-order valence-electron chi connectivity index (χ3n) is 9.21. The number of amides is 3. The number of ether oxygens (including phenoxy) is 1. The molecule has 1 aliphatic carbocycles. The Bertz CT molecular complexity index is 1780. The van der Waals surface area contributed by atoms with Gasteiger partial charge in [0, 0.05) is 18.0 Å². The van der Waals surface area contributed by atoms with Crippen LogP contribution >= 0.6 is 0 Å². The summed E-state index contributed by atoms with van der Waals surface area (Å²) in [6, 6.07) is 12.8. The van der Waals surface area contributed by atoms with Crippen molar-refractivity contribution in [3.63, 3.8) is 0 Å². The number of nitrogens with zero attached hydrogens (tertiary/aromatic N) is 6. The van der Waals surface area contributed by atoms with Crippen molar-refractivity contribution in [1.82, 2.24) is 40.1 Å². The maximum atomic E-state index is 13.3. The van der Waals surface area contributed by atoms with Crippen molar-refractivity contribution in [1.29, 1.82) is 0 Å². The van der Waals surface area contributed by atoms with Crippen molar-refractivity contribution in [2.75, 3.05) is 32.1 Å². The van der Waals surface area contributed by atoms with Gasteiger partial charge in [-0.2, -0.15) is 0 Å². The van der Waals surface area contributed by atoms with Crippen LogP contribution in [0.1, 0.15) is 98.8 Å². The van der Waals surface area contributed by atoms with E-state index in [2.05, 4.69) is 55.0 Å². The zero-order valence-electron chi connectivity index (χ0n) is 27.6. The third-order valence-corrected chi connectivity index (χ3v) is 9.21. The average Bonchev–Trinajstić information content (AvgIpc) is 3.63. The summed E-state index contributed by atoms with van der Waals surface area (Å²) in [6.07, 6.45) is 5.25. The van der Waals surface area contributed by atoms with E-state index in [0.717, 1.165) is 47.7 Å². The van der Waals surface area contributed by atoms with E-state index in [1.165, 1.54) is 0 Å². The molecule has 1 fully saturated rings. The molecule has 248 valence electrons. The van der Waals surface area contributed by atoms with Crippen LogP contribution < -0.4 is 20.7 Å². The van der Waals surface area contributed by atoms with Crippen LogP contribution in [0.3, 0.4) is 0 Å². The lowest BCUT2D eigenvalue weighted by atomic mass is 9.85. The summed E-state index contributed by atoms with van der Waals surface area (Å²) in [5.74, 6) is 1.24. The average molecular weight is 642 g/mol. The maximum absolute atomic E-state index is 13.3. The predicted octanol–water partition coefficient (Wildman–Crippen LogP) is 4.26. The molecule has 0 radical (unpaired) electrons. The van der Waals surface area contributed by atoms with E-state index in [1.807, 2.05) is 67.8 Å². The Morgan fingerprint density at radius 2 is 1.87 bits per heavy atom. The number of rotatable bonds is 8. The highest BCUT2D eigenvalue weighted by Gasteiger charge is 2.40. The minimum atomic E-state index is -0.527. The van der Waals surface area contributed by atoms with Gasteiger partial charge in [0.05, 0.1) is 30.1 Å². The van der Waals surface area contributed by atoms with Gasteiger partial charge in [-0.05, 0) is 69.5 Å². The van der Waals surface area contributed by atoms with Gasteiger partial charge in [0.25, 0.3) is 5.91 Å². The number of aromatic nitrogens is 5. The molecule has 1 aliphatic heterocycles. The topological polar surface area (TPSA) is 159 Å². The molecule has 4 heterocycles. The molecule has 0 unspecified atom stereocenters. The first-order valence-electron chi connectivity index (χ1n) is 16.1. The van der Waals surface area contributed by atoms with Crippen LogP contribution in [0.2, 0.25) is 0 Å². The molecule has 0 bridgehead atoms. The fourth-order valence-corrected chi connectivity index (χ4v) is 6.43. The van der Waals surface area contributed by atoms with Gasteiger partial charge in [0.15, 0.2) is 11.5 Å². The van der Waals surface area contributed by atoms with Crippen LogP contribution in [0.15, 0.2) is 48.7 Å². The number of hydrogen-bond donors (Lipinski definition) is 4. The molecule has 47 heavy (non-hydrogen) atoms. The van der Waals surface area contributed by atoms with Crippen molar-refractivity contribution in [3.05, 3.63) is 77.1 Å². The molecule has 6 rings (SSSR count). The van der Waals surface area contributed by atoms with Gasteiger partial charge in [-0.15, -0.1) is 10.2 Å². The molecule has 1 aromatic carbocycles. The summed E-state index contributed by atoms with van der Waals surface area (Å²) >= 11 is 0. The lowest BCUT2D eigenvalue weighted by molar-refractivity contribution is 0.0934. The minimum Gasteiger partial charge on any atom is -0.484 e. The summed E-state index contributed by atoms with van der Waals surface area (Å²) in [7, 11) is 2.13. The number of aliphatic hydroxyl groups excluding tert-OH is 1. The number of carbonyl (C=O) groups excluding carboxylic acids is 2. The summed E-state index contributed by atoms with van der Waals surface area (Å²) in [4.78, 5) is 36.9. The van der Waals surface area contributed by atoms with E-state index in [4.69, 9.17) is 9.84 Å². The van der Waals surface area contributed by atoms with E-state index in [1.54, 1.807) is 6.07 Å². The number of hydrogen-bond acceptors (Lipinski definition) is 9. The Morgan fingerprint density at radius 1 is 1.09 bits per heavy atom. The van der Waals surface area contributed by atoms with E-state index >= 15 is 0 Å². The number of pyridine rings is 1. The highest BCUT2D eigenvalue weighted by atomic mass is 16.5.